The fraction of sp³-hybridized carbons (Fsp3) is 0.312. The molecule has 0 unspecified atom stereocenters. The van der Waals surface area contributed by atoms with Crippen LogP contribution >= 0.6 is 39.9 Å². The summed E-state index contributed by atoms with van der Waals surface area (Å²) in [5.41, 5.74) is 2.02. The Balaban J connectivity index is 2.10. The molecule has 2 aliphatic heterocycles. The highest BCUT2D eigenvalue weighted by atomic mass is 79.9. The van der Waals surface area contributed by atoms with Gasteiger partial charge in [-0.25, -0.2) is 0 Å². The Labute approximate surface area is 158 Å². The maximum atomic E-state index is 12.9. The van der Waals surface area contributed by atoms with Gasteiger partial charge in [0.05, 0.1) is 29.3 Å². The Morgan fingerprint density at radius 2 is 2.00 bits per heavy atom. The van der Waals surface area contributed by atoms with E-state index in [0.717, 1.165) is 15.7 Å². The fourth-order valence-electron chi connectivity index (χ4n) is 2.76. The highest BCUT2D eigenvalue weighted by molar-refractivity contribution is 9.10. The third kappa shape index (κ3) is 2.81. The molecule has 1 aromatic carbocycles. The lowest BCUT2D eigenvalue weighted by molar-refractivity contribution is -0.123. The fourth-order valence-corrected chi connectivity index (χ4v) is 4.50. The SMILES string of the molecule is CCN1C(=O)C(=C2SC(=S)N(CCOC)C2=O)c2cc(Br)ccc21. The van der Waals surface area contributed by atoms with E-state index in [2.05, 4.69) is 15.9 Å². The van der Waals surface area contributed by atoms with Crippen LogP contribution in [0.2, 0.25) is 0 Å². The molecule has 0 aliphatic carbocycles. The molecule has 0 aromatic heterocycles. The second kappa shape index (κ2) is 6.95. The molecule has 8 heteroatoms. The number of hydrogen-bond acceptors (Lipinski definition) is 5. The van der Waals surface area contributed by atoms with Gasteiger partial charge in [0, 0.05) is 23.7 Å². The zero-order valence-electron chi connectivity index (χ0n) is 13.2. The van der Waals surface area contributed by atoms with E-state index in [1.165, 1.54) is 16.7 Å². The van der Waals surface area contributed by atoms with Crippen LogP contribution in [0.3, 0.4) is 0 Å². The minimum Gasteiger partial charge on any atom is -0.383 e. The van der Waals surface area contributed by atoms with Gasteiger partial charge in [-0.05, 0) is 25.1 Å². The first-order valence-corrected chi connectivity index (χ1v) is 9.40. The molecule has 2 aliphatic rings. The smallest absolute Gasteiger partial charge is 0.267 e. The van der Waals surface area contributed by atoms with E-state index in [-0.39, 0.29) is 11.8 Å². The molecule has 0 atom stereocenters. The quantitative estimate of drug-likeness (QED) is 0.546. The van der Waals surface area contributed by atoms with E-state index in [4.69, 9.17) is 17.0 Å². The number of hydrogen-bond donors (Lipinski definition) is 0. The molecule has 126 valence electrons. The summed E-state index contributed by atoms with van der Waals surface area (Å²) in [7, 11) is 1.57. The lowest BCUT2D eigenvalue weighted by Crippen LogP contribution is -2.32. The lowest BCUT2D eigenvalue weighted by atomic mass is 10.1. The summed E-state index contributed by atoms with van der Waals surface area (Å²) >= 11 is 9.93. The highest BCUT2D eigenvalue weighted by Crippen LogP contribution is 2.45. The van der Waals surface area contributed by atoms with Crippen molar-refractivity contribution in [1.82, 2.24) is 4.90 Å². The average Bonchev–Trinajstić information content (AvgIpc) is 2.98. The van der Waals surface area contributed by atoms with Crippen LogP contribution in [-0.2, 0) is 14.3 Å². The van der Waals surface area contributed by atoms with Crippen LogP contribution in [0.15, 0.2) is 27.6 Å². The van der Waals surface area contributed by atoms with Gasteiger partial charge in [0.2, 0.25) is 0 Å². The van der Waals surface area contributed by atoms with Crippen molar-refractivity contribution in [3.8, 4) is 0 Å². The molecule has 3 rings (SSSR count). The van der Waals surface area contributed by atoms with Gasteiger partial charge in [-0.1, -0.05) is 39.9 Å². The maximum Gasteiger partial charge on any atom is 0.267 e. The topological polar surface area (TPSA) is 49.9 Å². The van der Waals surface area contributed by atoms with Gasteiger partial charge >= 0.3 is 0 Å². The van der Waals surface area contributed by atoms with Crippen LogP contribution in [0.1, 0.15) is 12.5 Å². The molecule has 0 N–H and O–H groups in total. The summed E-state index contributed by atoms with van der Waals surface area (Å²) in [5, 5.41) is 0. The number of rotatable bonds is 4. The van der Waals surface area contributed by atoms with Crippen LogP contribution in [0.4, 0.5) is 5.69 Å². The van der Waals surface area contributed by atoms with Crippen molar-refractivity contribution < 1.29 is 14.3 Å². The van der Waals surface area contributed by atoms with Gasteiger partial charge in [0.1, 0.15) is 4.32 Å². The molecular formula is C16H15BrN2O3S2. The number of thiocarbonyl (C=S) groups is 1. The molecule has 24 heavy (non-hydrogen) atoms. The van der Waals surface area contributed by atoms with E-state index in [1.54, 1.807) is 12.0 Å². The van der Waals surface area contributed by atoms with Gasteiger partial charge in [-0.3, -0.25) is 14.5 Å². The van der Waals surface area contributed by atoms with Crippen LogP contribution in [0, 0.1) is 0 Å². The number of amides is 2. The number of carbonyl (C=O) groups excluding carboxylic acids is 2. The van der Waals surface area contributed by atoms with E-state index in [0.29, 0.717) is 34.5 Å². The van der Waals surface area contributed by atoms with Gasteiger partial charge in [-0.2, -0.15) is 0 Å². The molecule has 2 amide bonds. The number of carbonyl (C=O) groups is 2. The summed E-state index contributed by atoms with van der Waals surface area (Å²) < 4.78 is 6.35. The van der Waals surface area contributed by atoms with Crippen molar-refractivity contribution in [2.24, 2.45) is 0 Å². The first kappa shape index (κ1) is 17.6. The number of anilines is 1. The minimum atomic E-state index is -0.228. The highest BCUT2D eigenvalue weighted by Gasteiger charge is 2.41. The molecule has 0 radical (unpaired) electrons. The zero-order valence-corrected chi connectivity index (χ0v) is 16.4. The Morgan fingerprint density at radius 3 is 2.67 bits per heavy atom. The number of nitrogens with zero attached hydrogens (tertiary/aromatic N) is 2. The monoisotopic (exact) mass is 426 g/mol. The standard InChI is InChI=1S/C16H15BrN2O3S2/c1-3-18-11-5-4-9(17)8-10(11)12(14(18)20)13-15(21)19(6-7-22-2)16(23)24-13/h4-5,8H,3,6-7H2,1-2H3. The number of fused-ring (bicyclic) bond motifs is 1. The lowest BCUT2D eigenvalue weighted by Gasteiger charge is -2.14. The Bertz CT molecular complexity index is 779. The molecule has 0 saturated carbocycles. The minimum absolute atomic E-state index is 0.155. The molecule has 2 heterocycles. The molecule has 5 nitrogen and oxygen atoms in total. The van der Waals surface area contributed by atoms with E-state index in [9.17, 15) is 9.59 Å². The second-order valence-electron chi connectivity index (χ2n) is 5.23. The van der Waals surface area contributed by atoms with Crippen molar-refractivity contribution in [1.29, 1.82) is 0 Å². The van der Waals surface area contributed by atoms with E-state index in [1.807, 2.05) is 25.1 Å². The molecule has 1 saturated heterocycles. The van der Waals surface area contributed by atoms with Gasteiger partial charge in [-0.15, -0.1) is 0 Å². The Kier molecular flexibility index (Phi) is 5.10. The average molecular weight is 427 g/mol. The Hall–Kier alpha value is -1.22. The van der Waals surface area contributed by atoms with Crippen LogP contribution in [-0.4, -0.2) is 47.8 Å². The first-order valence-electron chi connectivity index (χ1n) is 7.38. The van der Waals surface area contributed by atoms with Crippen LogP contribution in [0.25, 0.3) is 5.57 Å². The summed E-state index contributed by atoms with van der Waals surface area (Å²) in [6.07, 6.45) is 0. The van der Waals surface area contributed by atoms with Gasteiger partial charge in [0.25, 0.3) is 11.8 Å². The number of methoxy groups -OCH3 is 1. The number of halogens is 1. The summed E-state index contributed by atoms with van der Waals surface area (Å²) in [6.45, 7) is 3.23. The third-order valence-corrected chi connectivity index (χ3v) is 5.83. The first-order chi connectivity index (χ1) is 11.5. The van der Waals surface area contributed by atoms with Crippen molar-refractivity contribution in [3.63, 3.8) is 0 Å². The van der Waals surface area contributed by atoms with Crippen molar-refractivity contribution in [2.45, 2.75) is 6.92 Å². The molecule has 1 fully saturated rings. The molecule has 0 bridgehead atoms. The molecular weight excluding hydrogens is 412 g/mol. The summed E-state index contributed by atoms with van der Waals surface area (Å²) in [6, 6.07) is 5.65. The van der Waals surface area contributed by atoms with Crippen molar-refractivity contribution in [2.75, 3.05) is 31.7 Å². The van der Waals surface area contributed by atoms with Crippen molar-refractivity contribution >= 4 is 67.3 Å². The molecule has 1 aromatic rings. The third-order valence-electron chi connectivity index (χ3n) is 3.89. The number of likely N-dealkylation sites (N-methyl/N-ethyl adjacent to an activating group) is 1. The number of ether oxygens (including phenoxy) is 1. The van der Waals surface area contributed by atoms with Crippen LogP contribution in [0.5, 0.6) is 0 Å². The van der Waals surface area contributed by atoms with E-state index >= 15 is 0 Å². The predicted molar refractivity (Wildman–Crippen MR) is 103 cm³/mol. The maximum absolute atomic E-state index is 12.9. The molecule has 0 spiro atoms. The Morgan fingerprint density at radius 1 is 1.25 bits per heavy atom. The number of benzene rings is 1. The predicted octanol–water partition coefficient (Wildman–Crippen LogP) is 3.03. The summed E-state index contributed by atoms with van der Waals surface area (Å²) in [4.78, 5) is 29.2. The van der Waals surface area contributed by atoms with Gasteiger partial charge in [0.15, 0.2) is 0 Å². The second-order valence-corrected chi connectivity index (χ2v) is 7.79. The zero-order chi connectivity index (χ0) is 17.4. The van der Waals surface area contributed by atoms with Crippen LogP contribution < -0.4 is 4.90 Å². The normalized spacial score (nSPS) is 20.4. The number of thioether (sulfide) groups is 1. The largest absolute Gasteiger partial charge is 0.383 e. The van der Waals surface area contributed by atoms with E-state index < -0.39 is 0 Å². The van der Waals surface area contributed by atoms with Gasteiger partial charge < -0.3 is 9.64 Å². The van der Waals surface area contributed by atoms with Crippen molar-refractivity contribution in [3.05, 3.63) is 33.1 Å². The summed E-state index contributed by atoms with van der Waals surface area (Å²) in [5.74, 6) is -0.382.